The number of benzene rings is 2. The van der Waals surface area contributed by atoms with Crippen LogP contribution in [-0.2, 0) is 11.2 Å². The predicted molar refractivity (Wildman–Crippen MR) is 92.0 cm³/mol. The van der Waals surface area contributed by atoms with Gasteiger partial charge in [-0.3, -0.25) is 4.79 Å². The Morgan fingerprint density at radius 3 is 2.61 bits per heavy atom. The molecule has 4 nitrogen and oxygen atoms in total. The first-order valence-electron chi connectivity index (χ1n) is 7.74. The van der Waals surface area contributed by atoms with Gasteiger partial charge in [0.05, 0.1) is 24.2 Å². The first-order valence-corrected chi connectivity index (χ1v) is 7.74. The number of rotatable bonds is 6. The largest absolute Gasteiger partial charge is 0.376 e. The number of amides is 1. The number of hydrogen-bond acceptors (Lipinski definition) is 3. The molecule has 1 atom stereocenters. The number of nitrogens with one attached hydrogen (secondary N) is 2. The Labute approximate surface area is 137 Å². The fourth-order valence-electron chi connectivity index (χ4n) is 2.30. The van der Waals surface area contributed by atoms with Crippen LogP contribution in [0.2, 0.25) is 0 Å². The van der Waals surface area contributed by atoms with Crippen LogP contribution in [0.15, 0.2) is 48.5 Å². The molecule has 2 N–H and O–H groups in total. The minimum atomic E-state index is -0.0839. The summed E-state index contributed by atoms with van der Waals surface area (Å²) in [7, 11) is 0. The van der Waals surface area contributed by atoms with E-state index in [1.807, 2.05) is 25.1 Å². The first-order chi connectivity index (χ1) is 11.1. The average molecular weight is 307 g/mol. The summed E-state index contributed by atoms with van der Waals surface area (Å²) in [5.74, 6) is -0.0839. The van der Waals surface area contributed by atoms with Crippen molar-refractivity contribution in [3.05, 3.63) is 65.2 Å². The first kappa shape index (κ1) is 16.6. The fourth-order valence-corrected chi connectivity index (χ4v) is 2.30. The summed E-state index contributed by atoms with van der Waals surface area (Å²) in [6.45, 7) is 4.26. The summed E-state index contributed by atoms with van der Waals surface area (Å²) in [6, 6.07) is 17.4. The minimum absolute atomic E-state index is 0.0411. The molecular formula is C19H21N3O. The second-order valence-corrected chi connectivity index (χ2v) is 5.43. The molecule has 1 amide bonds. The highest BCUT2D eigenvalue weighted by molar-refractivity contribution is 5.81. The maximum atomic E-state index is 12.0. The molecule has 118 valence electrons. The number of anilines is 1. The molecule has 0 saturated heterocycles. The molecule has 0 aliphatic carbocycles. The number of carbonyl (C=O) groups is 1. The van der Waals surface area contributed by atoms with Crippen LogP contribution >= 0.6 is 0 Å². The molecule has 4 heteroatoms. The van der Waals surface area contributed by atoms with Crippen molar-refractivity contribution in [1.29, 1.82) is 5.26 Å². The molecule has 0 spiro atoms. The van der Waals surface area contributed by atoms with E-state index >= 15 is 0 Å². The smallest absolute Gasteiger partial charge is 0.239 e. The summed E-state index contributed by atoms with van der Waals surface area (Å²) in [4.78, 5) is 12.0. The number of hydrogen-bond donors (Lipinski definition) is 2. The van der Waals surface area contributed by atoms with Crippen LogP contribution in [-0.4, -0.2) is 12.5 Å². The summed E-state index contributed by atoms with van der Waals surface area (Å²) in [5, 5.41) is 14.9. The third-order valence-corrected chi connectivity index (χ3v) is 3.71. The monoisotopic (exact) mass is 307 g/mol. The normalized spacial score (nSPS) is 11.3. The Morgan fingerprint density at radius 2 is 1.96 bits per heavy atom. The average Bonchev–Trinajstić information content (AvgIpc) is 2.60. The SMILES string of the molecule is CCc1ccc(C(C)NC(=O)CNc2cccc(C#N)c2)cc1. The molecule has 2 aromatic carbocycles. The van der Waals surface area contributed by atoms with Crippen molar-refractivity contribution in [2.24, 2.45) is 0 Å². The third kappa shape index (κ3) is 4.86. The summed E-state index contributed by atoms with van der Waals surface area (Å²) >= 11 is 0. The topological polar surface area (TPSA) is 64.9 Å². The third-order valence-electron chi connectivity index (χ3n) is 3.71. The maximum absolute atomic E-state index is 12.0. The molecule has 23 heavy (non-hydrogen) atoms. The molecule has 2 aromatic rings. The second-order valence-electron chi connectivity index (χ2n) is 5.43. The lowest BCUT2D eigenvalue weighted by atomic mass is 10.1. The van der Waals surface area contributed by atoms with E-state index in [0.29, 0.717) is 5.56 Å². The van der Waals surface area contributed by atoms with Gasteiger partial charge in [-0.05, 0) is 42.7 Å². The lowest BCUT2D eigenvalue weighted by Gasteiger charge is -2.15. The summed E-state index contributed by atoms with van der Waals surface area (Å²) < 4.78 is 0. The number of nitriles is 1. The molecule has 0 aliphatic heterocycles. The van der Waals surface area contributed by atoms with Gasteiger partial charge in [-0.25, -0.2) is 0 Å². The minimum Gasteiger partial charge on any atom is -0.376 e. The Morgan fingerprint density at radius 1 is 1.22 bits per heavy atom. The zero-order valence-electron chi connectivity index (χ0n) is 13.5. The molecule has 1 unspecified atom stereocenters. The van der Waals surface area contributed by atoms with E-state index < -0.39 is 0 Å². The quantitative estimate of drug-likeness (QED) is 0.859. The van der Waals surface area contributed by atoms with E-state index in [-0.39, 0.29) is 18.5 Å². The molecule has 0 bridgehead atoms. The molecule has 0 heterocycles. The Kier molecular flexibility index (Phi) is 5.76. The van der Waals surface area contributed by atoms with Crippen molar-refractivity contribution in [2.75, 3.05) is 11.9 Å². The number of aryl methyl sites for hydroxylation is 1. The van der Waals surface area contributed by atoms with Crippen molar-refractivity contribution in [2.45, 2.75) is 26.3 Å². The van der Waals surface area contributed by atoms with Crippen molar-refractivity contribution in [3.8, 4) is 6.07 Å². The van der Waals surface area contributed by atoms with Crippen LogP contribution in [0.5, 0.6) is 0 Å². The zero-order chi connectivity index (χ0) is 16.7. The fraction of sp³-hybridized carbons (Fsp3) is 0.263. The molecule has 0 radical (unpaired) electrons. The van der Waals surface area contributed by atoms with E-state index in [0.717, 1.165) is 17.7 Å². The van der Waals surface area contributed by atoms with Gasteiger partial charge >= 0.3 is 0 Å². The van der Waals surface area contributed by atoms with E-state index in [1.165, 1.54) is 5.56 Å². The lowest BCUT2D eigenvalue weighted by Crippen LogP contribution is -2.32. The highest BCUT2D eigenvalue weighted by Gasteiger charge is 2.09. The standard InChI is InChI=1S/C19H21N3O/c1-3-15-7-9-17(10-8-15)14(2)22-19(23)13-21-18-6-4-5-16(11-18)12-20/h4-11,14,21H,3,13H2,1-2H3,(H,22,23). The van der Waals surface area contributed by atoms with Gasteiger partial charge < -0.3 is 10.6 Å². The number of carbonyl (C=O) groups excluding carboxylic acids is 1. The second kappa shape index (κ2) is 8.00. The molecule has 0 aliphatic rings. The lowest BCUT2D eigenvalue weighted by molar-refractivity contribution is -0.120. The van der Waals surface area contributed by atoms with Gasteiger partial charge in [0.1, 0.15) is 0 Å². The zero-order valence-corrected chi connectivity index (χ0v) is 13.5. The maximum Gasteiger partial charge on any atom is 0.239 e. The van der Waals surface area contributed by atoms with E-state index in [4.69, 9.17) is 5.26 Å². The highest BCUT2D eigenvalue weighted by atomic mass is 16.1. The molecule has 2 rings (SSSR count). The predicted octanol–water partition coefficient (Wildman–Crippen LogP) is 3.41. The van der Waals surface area contributed by atoms with Crippen molar-refractivity contribution in [3.63, 3.8) is 0 Å². The van der Waals surface area contributed by atoms with Crippen LogP contribution in [0.4, 0.5) is 5.69 Å². The summed E-state index contributed by atoms with van der Waals surface area (Å²) in [6.07, 6.45) is 1.01. The van der Waals surface area contributed by atoms with Gasteiger partial charge in [0, 0.05) is 5.69 Å². The molecule has 0 aromatic heterocycles. The Balaban J connectivity index is 1.87. The van der Waals surface area contributed by atoms with Crippen molar-refractivity contribution in [1.82, 2.24) is 5.32 Å². The van der Waals surface area contributed by atoms with E-state index in [2.05, 4.69) is 35.8 Å². The van der Waals surface area contributed by atoms with E-state index in [1.54, 1.807) is 18.2 Å². The number of nitrogens with zero attached hydrogens (tertiary/aromatic N) is 1. The van der Waals surface area contributed by atoms with Gasteiger partial charge in [0.25, 0.3) is 0 Å². The van der Waals surface area contributed by atoms with Gasteiger partial charge in [-0.2, -0.15) is 5.26 Å². The Hall–Kier alpha value is -2.80. The highest BCUT2D eigenvalue weighted by Crippen LogP contribution is 2.14. The van der Waals surface area contributed by atoms with Crippen LogP contribution in [0.3, 0.4) is 0 Å². The molecule has 0 fully saturated rings. The van der Waals surface area contributed by atoms with Crippen molar-refractivity contribution >= 4 is 11.6 Å². The van der Waals surface area contributed by atoms with Gasteiger partial charge in [0.15, 0.2) is 0 Å². The summed E-state index contributed by atoms with van der Waals surface area (Å²) in [5.41, 5.74) is 3.70. The van der Waals surface area contributed by atoms with Crippen LogP contribution < -0.4 is 10.6 Å². The molecule has 0 saturated carbocycles. The Bertz CT molecular complexity index is 701. The van der Waals surface area contributed by atoms with Crippen LogP contribution in [0.1, 0.15) is 36.6 Å². The van der Waals surface area contributed by atoms with Gasteiger partial charge in [-0.15, -0.1) is 0 Å². The van der Waals surface area contributed by atoms with Crippen LogP contribution in [0, 0.1) is 11.3 Å². The van der Waals surface area contributed by atoms with Gasteiger partial charge in [-0.1, -0.05) is 37.3 Å². The van der Waals surface area contributed by atoms with E-state index in [9.17, 15) is 4.79 Å². The van der Waals surface area contributed by atoms with Crippen LogP contribution in [0.25, 0.3) is 0 Å². The van der Waals surface area contributed by atoms with Crippen molar-refractivity contribution < 1.29 is 4.79 Å². The molecular weight excluding hydrogens is 286 g/mol. The van der Waals surface area contributed by atoms with Gasteiger partial charge in [0.2, 0.25) is 5.91 Å².